The van der Waals surface area contributed by atoms with Gasteiger partial charge in [-0.2, -0.15) is 0 Å². The summed E-state index contributed by atoms with van der Waals surface area (Å²) in [5.74, 6) is 1.64. The number of hydrogen-bond donors (Lipinski definition) is 1. The van der Waals surface area contributed by atoms with Gasteiger partial charge in [0.1, 0.15) is 0 Å². The van der Waals surface area contributed by atoms with Crippen LogP contribution in [0.1, 0.15) is 47.0 Å². The summed E-state index contributed by atoms with van der Waals surface area (Å²) in [4.78, 5) is 21.0. The first-order valence-electron chi connectivity index (χ1n) is 8.83. The van der Waals surface area contributed by atoms with Gasteiger partial charge in [-0.3, -0.25) is 4.79 Å². The van der Waals surface area contributed by atoms with E-state index in [1.807, 2.05) is 17.5 Å². The second kappa shape index (κ2) is 6.55. The number of fused-ring (bicyclic) bond motifs is 1. The van der Waals surface area contributed by atoms with Crippen LogP contribution in [0, 0.1) is 5.92 Å². The molecule has 1 unspecified atom stereocenters. The van der Waals surface area contributed by atoms with E-state index in [0.29, 0.717) is 0 Å². The Balaban J connectivity index is 1.57. The molecule has 5 heteroatoms. The first-order valence-corrected chi connectivity index (χ1v) is 9.71. The van der Waals surface area contributed by atoms with E-state index in [0.717, 1.165) is 48.9 Å². The number of anilines is 2. The van der Waals surface area contributed by atoms with Gasteiger partial charge in [-0.15, -0.1) is 11.3 Å². The Bertz CT molecular complexity index is 749. The summed E-state index contributed by atoms with van der Waals surface area (Å²) in [5.41, 5.74) is 2.95. The van der Waals surface area contributed by atoms with Crippen LogP contribution >= 0.6 is 11.3 Å². The Labute approximate surface area is 146 Å². The van der Waals surface area contributed by atoms with Crippen LogP contribution in [0.2, 0.25) is 0 Å². The molecular weight excluding hydrogens is 318 g/mol. The van der Waals surface area contributed by atoms with Crippen molar-refractivity contribution in [3.63, 3.8) is 0 Å². The first kappa shape index (κ1) is 15.6. The van der Waals surface area contributed by atoms with Gasteiger partial charge in [0.25, 0.3) is 5.91 Å². The SMILES string of the molecule is CC1CCc2c(C(=O)Nc3cccnc3N3CCCC3)csc2C1. The fraction of sp³-hybridized carbons (Fsp3) is 0.474. The van der Waals surface area contributed by atoms with Crippen molar-refractivity contribution in [1.82, 2.24) is 4.98 Å². The molecule has 2 aliphatic rings. The summed E-state index contributed by atoms with van der Waals surface area (Å²) in [5, 5.41) is 5.15. The van der Waals surface area contributed by atoms with Gasteiger partial charge in [0.05, 0.1) is 11.3 Å². The summed E-state index contributed by atoms with van der Waals surface area (Å²) >= 11 is 1.74. The predicted octanol–water partition coefficient (Wildman–Crippen LogP) is 4.12. The van der Waals surface area contributed by atoms with Crippen LogP contribution in [0.5, 0.6) is 0 Å². The predicted molar refractivity (Wildman–Crippen MR) is 99.1 cm³/mol. The Kier molecular flexibility index (Phi) is 4.27. The van der Waals surface area contributed by atoms with Crippen LogP contribution in [0.4, 0.5) is 11.5 Å². The molecular formula is C19H23N3OS. The lowest BCUT2D eigenvalue weighted by Crippen LogP contribution is -2.22. The minimum atomic E-state index is 0.00972. The lowest BCUT2D eigenvalue weighted by Gasteiger charge is -2.21. The van der Waals surface area contributed by atoms with Gasteiger partial charge in [0.2, 0.25) is 0 Å². The minimum absolute atomic E-state index is 0.00972. The van der Waals surface area contributed by atoms with Crippen LogP contribution < -0.4 is 10.2 Å². The molecule has 1 saturated heterocycles. The second-order valence-electron chi connectivity index (χ2n) is 6.92. The highest BCUT2D eigenvalue weighted by Crippen LogP contribution is 2.34. The molecule has 2 aromatic heterocycles. The van der Waals surface area contributed by atoms with Gasteiger partial charge >= 0.3 is 0 Å². The quantitative estimate of drug-likeness (QED) is 0.913. The van der Waals surface area contributed by atoms with Crippen molar-refractivity contribution in [3.05, 3.63) is 39.7 Å². The molecule has 0 aromatic carbocycles. The Morgan fingerprint density at radius 3 is 3.04 bits per heavy atom. The summed E-state index contributed by atoms with van der Waals surface area (Å²) in [6.45, 7) is 4.33. The zero-order valence-corrected chi connectivity index (χ0v) is 14.9. The number of amides is 1. The maximum Gasteiger partial charge on any atom is 0.256 e. The molecule has 0 spiro atoms. The van der Waals surface area contributed by atoms with Crippen LogP contribution in [0.15, 0.2) is 23.7 Å². The number of thiophene rings is 1. The van der Waals surface area contributed by atoms with E-state index in [-0.39, 0.29) is 5.91 Å². The number of pyridine rings is 1. The first-order chi connectivity index (χ1) is 11.7. The van der Waals surface area contributed by atoms with E-state index < -0.39 is 0 Å². The number of carbonyl (C=O) groups excluding carboxylic acids is 1. The summed E-state index contributed by atoms with van der Waals surface area (Å²) in [7, 11) is 0. The van der Waals surface area contributed by atoms with Crippen LogP contribution in [-0.2, 0) is 12.8 Å². The summed E-state index contributed by atoms with van der Waals surface area (Å²) in [6.07, 6.45) is 7.50. The molecule has 1 amide bonds. The molecule has 2 aromatic rings. The Hall–Kier alpha value is -1.88. The van der Waals surface area contributed by atoms with Crippen LogP contribution in [-0.4, -0.2) is 24.0 Å². The average Bonchev–Trinajstić information content (AvgIpc) is 3.24. The highest BCUT2D eigenvalue weighted by atomic mass is 32.1. The maximum atomic E-state index is 12.8. The molecule has 1 atom stereocenters. The number of carbonyl (C=O) groups is 1. The highest BCUT2D eigenvalue weighted by molar-refractivity contribution is 7.10. The zero-order chi connectivity index (χ0) is 16.5. The van der Waals surface area contributed by atoms with Gasteiger partial charge in [0, 0.05) is 29.5 Å². The van der Waals surface area contributed by atoms with E-state index in [1.165, 1.54) is 29.7 Å². The van der Waals surface area contributed by atoms with E-state index in [1.54, 1.807) is 17.5 Å². The fourth-order valence-electron chi connectivity index (χ4n) is 3.73. The Morgan fingerprint density at radius 1 is 1.38 bits per heavy atom. The minimum Gasteiger partial charge on any atom is -0.355 e. The molecule has 4 nitrogen and oxygen atoms in total. The maximum absolute atomic E-state index is 12.8. The lowest BCUT2D eigenvalue weighted by atomic mass is 9.88. The van der Waals surface area contributed by atoms with Gasteiger partial charge in [-0.05, 0) is 55.7 Å². The van der Waals surface area contributed by atoms with E-state index in [2.05, 4.69) is 22.1 Å². The van der Waals surface area contributed by atoms with Crippen molar-refractivity contribution in [2.45, 2.75) is 39.0 Å². The molecule has 1 N–H and O–H groups in total. The van der Waals surface area contributed by atoms with Gasteiger partial charge in [0.15, 0.2) is 5.82 Å². The topological polar surface area (TPSA) is 45.2 Å². The molecule has 0 bridgehead atoms. The standard InChI is InChI=1S/C19H23N3OS/c1-13-6-7-14-15(12-24-17(14)11-13)19(23)21-16-5-4-8-20-18(16)22-9-2-3-10-22/h4-5,8,12-13H,2-3,6-7,9-11H2,1H3,(H,21,23). The molecule has 126 valence electrons. The number of hydrogen-bond acceptors (Lipinski definition) is 4. The van der Waals surface area contributed by atoms with Crippen molar-refractivity contribution >= 4 is 28.7 Å². The van der Waals surface area contributed by atoms with E-state index in [4.69, 9.17) is 0 Å². The zero-order valence-electron chi connectivity index (χ0n) is 14.0. The van der Waals surface area contributed by atoms with Crippen LogP contribution in [0.3, 0.4) is 0 Å². The molecule has 1 aliphatic heterocycles. The van der Waals surface area contributed by atoms with E-state index in [9.17, 15) is 4.79 Å². The molecule has 24 heavy (non-hydrogen) atoms. The smallest absolute Gasteiger partial charge is 0.256 e. The summed E-state index contributed by atoms with van der Waals surface area (Å²) < 4.78 is 0. The van der Waals surface area contributed by atoms with Crippen molar-refractivity contribution in [3.8, 4) is 0 Å². The number of nitrogens with one attached hydrogen (secondary N) is 1. The molecule has 0 radical (unpaired) electrons. The third-order valence-electron chi connectivity index (χ3n) is 5.09. The van der Waals surface area contributed by atoms with Crippen molar-refractivity contribution in [2.24, 2.45) is 5.92 Å². The normalized spacial score (nSPS) is 20.0. The Morgan fingerprint density at radius 2 is 2.21 bits per heavy atom. The fourth-order valence-corrected chi connectivity index (χ4v) is 4.98. The lowest BCUT2D eigenvalue weighted by molar-refractivity contribution is 0.102. The second-order valence-corrected chi connectivity index (χ2v) is 7.89. The van der Waals surface area contributed by atoms with Crippen LogP contribution in [0.25, 0.3) is 0 Å². The average molecular weight is 341 g/mol. The monoisotopic (exact) mass is 341 g/mol. The molecule has 3 heterocycles. The number of nitrogens with zero attached hydrogens (tertiary/aromatic N) is 2. The molecule has 0 saturated carbocycles. The molecule has 4 rings (SSSR count). The number of aromatic nitrogens is 1. The van der Waals surface area contributed by atoms with Gasteiger partial charge < -0.3 is 10.2 Å². The largest absolute Gasteiger partial charge is 0.355 e. The molecule has 1 fully saturated rings. The third-order valence-corrected chi connectivity index (χ3v) is 6.14. The van der Waals surface area contributed by atoms with E-state index >= 15 is 0 Å². The van der Waals surface area contributed by atoms with Crippen molar-refractivity contribution in [2.75, 3.05) is 23.3 Å². The highest BCUT2D eigenvalue weighted by Gasteiger charge is 2.24. The van der Waals surface area contributed by atoms with Gasteiger partial charge in [-0.1, -0.05) is 6.92 Å². The third kappa shape index (κ3) is 2.93. The molecule has 1 aliphatic carbocycles. The summed E-state index contributed by atoms with van der Waals surface area (Å²) in [6, 6.07) is 3.85. The van der Waals surface area contributed by atoms with Crippen molar-refractivity contribution < 1.29 is 4.79 Å². The van der Waals surface area contributed by atoms with Crippen molar-refractivity contribution in [1.29, 1.82) is 0 Å². The van der Waals surface area contributed by atoms with Gasteiger partial charge in [-0.25, -0.2) is 4.98 Å². The number of rotatable bonds is 3.